The Morgan fingerprint density at radius 1 is 1.00 bits per heavy atom. The predicted octanol–water partition coefficient (Wildman–Crippen LogP) is 5.03. The minimum atomic E-state index is 0. The average molecular weight is 570 g/mol. The van der Waals surface area contributed by atoms with Crippen LogP contribution in [0, 0.1) is 0 Å². The third-order valence-electron chi connectivity index (χ3n) is 5.54. The summed E-state index contributed by atoms with van der Waals surface area (Å²) in [6.45, 7) is 4.44. The van der Waals surface area contributed by atoms with Crippen molar-refractivity contribution in [3.63, 3.8) is 0 Å². The number of nitrogens with zero attached hydrogens (tertiary/aromatic N) is 1. The molecule has 0 saturated carbocycles. The van der Waals surface area contributed by atoms with Crippen molar-refractivity contribution < 1.29 is 9.53 Å². The van der Waals surface area contributed by atoms with E-state index in [9.17, 15) is 4.79 Å². The smallest absolute Gasteiger partial charge is 0.225 e. The highest BCUT2D eigenvalue weighted by atomic mass is 127. The number of carbonyl (C=O) groups is 1. The first-order valence-corrected chi connectivity index (χ1v) is 11.4. The van der Waals surface area contributed by atoms with Gasteiger partial charge in [0.1, 0.15) is 12.4 Å². The van der Waals surface area contributed by atoms with Gasteiger partial charge < -0.3 is 20.7 Å². The van der Waals surface area contributed by atoms with E-state index in [1.54, 1.807) is 0 Å². The molecule has 3 aromatic carbocycles. The van der Waals surface area contributed by atoms with Crippen LogP contribution in [-0.2, 0) is 4.79 Å². The van der Waals surface area contributed by atoms with Crippen LogP contribution < -0.4 is 20.7 Å². The van der Waals surface area contributed by atoms with Crippen LogP contribution in [0.5, 0.6) is 5.75 Å². The Balaban J connectivity index is 0.00000324. The molecule has 4 rings (SSSR count). The van der Waals surface area contributed by atoms with E-state index in [-0.39, 0.29) is 35.8 Å². The highest BCUT2D eigenvalue weighted by molar-refractivity contribution is 14.0. The number of amides is 1. The summed E-state index contributed by atoms with van der Waals surface area (Å²) in [6.07, 6.45) is 0.444. The molecule has 0 radical (unpaired) electrons. The lowest BCUT2D eigenvalue weighted by atomic mass is 9.91. The first-order chi connectivity index (χ1) is 16.2. The van der Waals surface area contributed by atoms with Gasteiger partial charge in [0.25, 0.3) is 0 Å². The van der Waals surface area contributed by atoms with Gasteiger partial charge in [-0.05, 0) is 30.2 Å². The van der Waals surface area contributed by atoms with E-state index >= 15 is 0 Å². The van der Waals surface area contributed by atoms with Gasteiger partial charge in [-0.3, -0.25) is 9.79 Å². The van der Waals surface area contributed by atoms with Gasteiger partial charge in [0, 0.05) is 30.1 Å². The van der Waals surface area contributed by atoms with Crippen LogP contribution in [-0.4, -0.2) is 38.1 Å². The summed E-state index contributed by atoms with van der Waals surface area (Å²) in [7, 11) is 0. The molecular weight excluding hydrogens is 539 g/mol. The van der Waals surface area contributed by atoms with Crippen molar-refractivity contribution in [1.29, 1.82) is 0 Å². The molecule has 0 aromatic heterocycles. The lowest BCUT2D eigenvalue weighted by Crippen LogP contribution is -2.39. The molecular formula is C27H31IN4O2. The number of para-hydroxylation sites is 2. The van der Waals surface area contributed by atoms with Crippen molar-refractivity contribution in [2.45, 2.75) is 19.3 Å². The van der Waals surface area contributed by atoms with Crippen LogP contribution in [0.25, 0.3) is 11.1 Å². The number of halogens is 1. The molecule has 0 aliphatic carbocycles. The van der Waals surface area contributed by atoms with E-state index in [2.05, 4.69) is 40.2 Å². The Bertz CT molecular complexity index is 1100. The largest absolute Gasteiger partial charge is 0.491 e. The lowest BCUT2D eigenvalue weighted by molar-refractivity contribution is -0.116. The first kappa shape index (κ1) is 25.6. The van der Waals surface area contributed by atoms with Crippen LogP contribution in [0.4, 0.5) is 5.69 Å². The summed E-state index contributed by atoms with van der Waals surface area (Å²) in [5, 5.41) is 9.56. The molecule has 0 bridgehead atoms. The van der Waals surface area contributed by atoms with E-state index in [0.717, 1.165) is 40.6 Å². The zero-order valence-electron chi connectivity index (χ0n) is 19.3. The molecule has 3 aromatic rings. The number of ether oxygens (including phenoxy) is 1. The quantitative estimate of drug-likeness (QED) is 0.154. The third kappa shape index (κ3) is 6.72. The van der Waals surface area contributed by atoms with Crippen molar-refractivity contribution in [3.8, 4) is 16.9 Å². The van der Waals surface area contributed by atoms with Gasteiger partial charge in [-0.2, -0.15) is 0 Å². The maximum Gasteiger partial charge on any atom is 0.225 e. The number of guanidine groups is 1. The van der Waals surface area contributed by atoms with Crippen LogP contribution in [0.3, 0.4) is 0 Å². The molecule has 0 fully saturated rings. The summed E-state index contributed by atoms with van der Waals surface area (Å²) in [5.41, 5.74) is 4.23. The molecule has 7 heteroatoms. The van der Waals surface area contributed by atoms with Gasteiger partial charge in [-0.15, -0.1) is 24.0 Å². The Hall–Kier alpha value is -3.07. The molecule has 6 nitrogen and oxygen atoms in total. The van der Waals surface area contributed by atoms with E-state index in [1.165, 1.54) is 0 Å². The third-order valence-corrected chi connectivity index (χ3v) is 5.54. The van der Waals surface area contributed by atoms with Crippen LogP contribution >= 0.6 is 24.0 Å². The second kappa shape index (κ2) is 13.0. The Kier molecular flexibility index (Phi) is 9.75. The lowest BCUT2D eigenvalue weighted by Gasteiger charge is -2.24. The maximum absolute atomic E-state index is 12.1. The van der Waals surface area contributed by atoms with Crippen molar-refractivity contribution in [1.82, 2.24) is 10.6 Å². The molecule has 1 aliphatic rings. The number of nitrogens with one attached hydrogen (secondary N) is 3. The summed E-state index contributed by atoms with van der Waals surface area (Å²) in [4.78, 5) is 16.8. The summed E-state index contributed by atoms with van der Waals surface area (Å²) in [5.74, 6) is 1.69. The molecule has 1 amide bonds. The van der Waals surface area contributed by atoms with E-state index in [4.69, 9.17) is 9.73 Å². The highest BCUT2D eigenvalue weighted by Crippen LogP contribution is 2.32. The molecule has 1 unspecified atom stereocenters. The zero-order valence-corrected chi connectivity index (χ0v) is 21.6. The van der Waals surface area contributed by atoms with Gasteiger partial charge in [0.15, 0.2) is 5.96 Å². The van der Waals surface area contributed by atoms with Crippen molar-refractivity contribution >= 4 is 41.5 Å². The fourth-order valence-electron chi connectivity index (χ4n) is 3.99. The Morgan fingerprint density at radius 3 is 2.56 bits per heavy atom. The van der Waals surface area contributed by atoms with Crippen molar-refractivity contribution in [3.05, 3.63) is 84.4 Å². The van der Waals surface area contributed by atoms with Gasteiger partial charge in [-0.25, -0.2) is 0 Å². The van der Waals surface area contributed by atoms with E-state index in [0.29, 0.717) is 26.1 Å². The van der Waals surface area contributed by atoms with Gasteiger partial charge in [-0.1, -0.05) is 66.7 Å². The molecule has 1 atom stereocenters. The number of fused-ring (bicyclic) bond motifs is 1. The number of anilines is 1. The average Bonchev–Trinajstić information content (AvgIpc) is 2.85. The standard InChI is InChI=1S/C27H30N4O2.HI/c1-2-28-27(30-19-21-18-26(32)31-24-14-8-6-12-22(21)24)29-16-17-33-25-15-9-7-13-23(25)20-10-4-3-5-11-20;/h3-15,21H,2,16-19H2,1H3,(H,31,32)(H2,28,29,30);1H. The predicted molar refractivity (Wildman–Crippen MR) is 149 cm³/mol. The Labute approximate surface area is 218 Å². The zero-order chi connectivity index (χ0) is 22.9. The molecule has 34 heavy (non-hydrogen) atoms. The van der Waals surface area contributed by atoms with Crippen molar-refractivity contribution in [2.24, 2.45) is 4.99 Å². The van der Waals surface area contributed by atoms with Gasteiger partial charge in [0.2, 0.25) is 5.91 Å². The molecule has 1 heterocycles. The second-order valence-electron chi connectivity index (χ2n) is 7.89. The number of hydrogen-bond acceptors (Lipinski definition) is 3. The van der Waals surface area contributed by atoms with E-state index in [1.807, 2.05) is 61.5 Å². The summed E-state index contributed by atoms with van der Waals surface area (Å²) < 4.78 is 6.08. The minimum Gasteiger partial charge on any atom is -0.491 e. The number of benzene rings is 3. The van der Waals surface area contributed by atoms with Crippen LogP contribution in [0.15, 0.2) is 83.9 Å². The van der Waals surface area contributed by atoms with Crippen molar-refractivity contribution in [2.75, 3.05) is 31.6 Å². The highest BCUT2D eigenvalue weighted by Gasteiger charge is 2.24. The summed E-state index contributed by atoms with van der Waals surface area (Å²) in [6, 6.07) is 26.2. The second-order valence-corrected chi connectivity index (χ2v) is 7.89. The first-order valence-electron chi connectivity index (χ1n) is 11.4. The Morgan fingerprint density at radius 2 is 1.74 bits per heavy atom. The normalized spacial score (nSPS) is 14.9. The molecule has 0 saturated heterocycles. The number of hydrogen-bond donors (Lipinski definition) is 3. The monoisotopic (exact) mass is 570 g/mol. The maximum atomic E-state index is 12.1. The number of rotatable bonds is 8. The minimum absolute atomic E-state index is 0. The summed E-state index contributed by atoms with van der Waals surface area (Å²) >= 11 is 0. The molecule has 0 spiro atoms. The van der Waals surface area contributed by atoms with Crippen LogP contribution in [0.2, 0.25) is 0 Å². The number of carbonyl (C=O) groups excluding carboxylic acids is 1. The SMILES string of the molecule is CCNC(=NCC1CC(=O)Nc2ccccc21)NCCOc1ccccc1-c1ccccc1.I. The van der Waals surface area contributed by atoms with Crippen LogP contribution in [0.1, 0.15) is 24.8 Å². The fourth-order valence-corrected chi connectivity index (χ4v) is 3.99. The molecule has 178 valence electrons. The molecule has 3 N–H and O–H groups in total. The van der Waals surface area contributed by atoms with E-state index < -0.39 is 0 Å². The molecule has 1 aliphatic heterocycles. The van der Waals surface area contributed by atoms with Gasteiger partial charge in [0.05, 0.1) is 13.1 Å². The fraction of sp³-hybridized carbons (Fsp3) is 0.259. The topological polar surface area (TPSA) is 74.8 Å². The number of aliphatic imine (C=N–C) groups is 1. The van der Waals surface area contributed by atoms with Gasteiger partial charge >= 0.3 is 0 Å².